The molecule has 0 unspecified atom stereocenters. The summed E-state index contributed by atoms with van der Waals surface area (Å²) >= 11 is 3.29. The van der Waals surface area contributed by atoms with Gasteiger partial charge in [0.15, 0.2) is 0 Å². The molecular formula is C7H9BrN2O. The van der Waals surface area contributed by atoms with E-state index in [2.05, 4.69) is 21.0 Å². The minimum atomic E-state index is -0.0338. The topological polar surface area (TPSA) is 34.9 Å². The Morgan fingerprint density at radius 2 is 2.45 bits per heavy atom. The van der Waals surface area contributed by atoms with E-state index in [1.54, 1.807) is 12.3 Å². The Morgan fingerprint density at radius 1 is 1.64 bits per heavy atom. The van der Waals surface area contributed by atoms with Crippen molar-refractivity contribution in [1.82, 2.24) is 9.78 Å². The van der Waals surface area contributed by atoms with Crippen molar-refractivity contribution < 1.29 is 0 Å². The zero-order valence-electron chi connectivity index (χ0n) is 6.03. The Morgan fingerprint density at radius 3 is 3.09 bits per heavy atom. The molecule has 0 amide bonds. The Labute approximate surface area is 73.2 Å². The van der Waals surface area contributed by atoms with Crippen molar-refractivity contribution in [2.45, 2.75) is 13.0 Å². The molecule has 11 heavy (non-hydrogen) atoms. The van der Waals surface area contributed by atoms with Crippen LogP contribution in [-0.4, -0.2) is 15.1 Å². The molecule has 1 heterocycles. The first-order chi connectivity index (χ1) is 5.34. The fourth-order valence-corrected chi connectivity index (χ4v) is 1.02. The molecule has 0 N–H and O–H groups in total. The number of hydrogen-bond donors (Lipinski definition) is 0. The van der Waals surface area contributed by atoms with Gasteiger partial charge in [0.05, 0.1) is 0 Å². The normalized spacial score (nSPS) is 9.91. The Kier molecular flexibility index (Phi) is 3.29. The van der Waals surface area contributed by atoms with E-state index < -0.39 is 0 Å². The van der Waals surface area contributed by atoms with Gasteiger partial charge in [-0.15, -0.1) is 0 Å². The lowest BCUT2D eigenvalue weighted by molar-refractivity contribution is 0.572. The van der Waals surface area contributed by atoms with Crippen LogP contribution < -0.4 is 5.56 Å². The SMILES string of the molecule is O=c1cccnn1CCCBr. The summed E-state index contributed by atoms with van der Waals surface area (Å²) in [7, 11) is 0. The van der Waals surface area contributed by atoms with E-state index in [-0.39, 0.29) is 5.56 Å². The van der Waals surface area contributed by atoms with Crippen LogP contribution in [0.2, 0.25) is 0 Å². The highest BCUT2D eigenvalue weighted by molar-refractivity contribution is 9.09. The third-order valence-electron chi connectivity index (χ3n) is 1.29. The maximum Gasteiger partial charge on any atom is 0.266 e. The predicted octanol–water partition coefficient (Wildman–Crippen LogP) is 1.03. The lowest BCUT2D eigenvalue weighted by atomic mass is 10.5. The average molecular weight is 217 g/mol. The van der Waals surface area contributed by atoms with E-state index in [9.17, 15) is 4.79 Å². The van der Waals surface area contributed by atoms with Crippen LogP contribution in [0, 0.1) is 0 Å². The summed E-state index contributed by atoms with van der Waals surface area (Å²) in [6, 6.07) is 3.16. The average Bonchev–Trinajstić information content (AvgIpc) is 2.03. The summed E-state index contributed by atoms with van der Waals surface area (Å²) in [5.74, 6) is 0. The maximum absolute atomic E-state index is 11.0. The lowest BCUT2D eigenvalue weighted by Gasteiger charge is -1.99. The number of aryl methyl sites for hydroxylation is 1. The summed E-state index contributed by atoms with van der Waals surface area (Å²) in [5.41, 5.74) is -0.0338. The van der Waals surface area contributed by atoms with Crippen molar-refractivity contribution in [3.05, 3.63) is 28.7 Å². The van der Waals surface area contributed by atoms with E-state index >= 15 is 0 Å². The van der Waals surface area contributed by atoms with Gasteiger partial charge in [0.1, 0.15) is 0 Å². The van der Waals surface area contributed by atoms with Gasteiger partial charge >= 0.3 is 0 Å². The molecule has 0 fully saturated rings. The highest BCUT2D eigenvalue weighted by Gasteiger charge is 1.92. The monoisotopic (exact) mass is 216 g/mol. The highest BCUT2D eigenvalue weighted by Crippen LogP contribution is 1.88. The fraction of sp³-hybridized carbons (Fsp3) is 0.429. The van der Waals surface area contributed by atoms with E-state index in [1.165, 1.54) is 10.7 Å². The van der Waals surface area contributed by atoms with Gasteiger partial charge in [-0.2, -0.15) is 5.10 Å². The Balaban J connectivity index is 2.70. The van der Waals surface area contributed by atoms with Gasteiger partial charge in [-0.05, 0) is 12.5 Å². The van der Waals surface area contributed by atoms with Crippen molar-refractivity contribution in [2.24, 2.45) is 0 Å². The number of aromatic nitrogens is 2. The molecule has 0 atom stereocenters. The fourth-order valence-electron chi connectivity index (χ4n) is 0.765. The number of hydrogen-bond acceptors (Lipinski definition) is 2. The Bertz CT molecular complexity index is 271. The quantitative estimate of drug-likeness (QED) is 0.708. The number of rotatable bonds is 3. The van der Waals surface area contributed by atoms with Crippen LogP contribution in [0.1, 0.15) is 6.42 Å². The van der Waals surface area contributed by atoms with Crippen molar-refractivity contribution in [1.29, 1.82) is 0 Å². The molecule has 0 aliphatic carbocycles. The smallest absolute Gasteiger partial charge is 0.266 e. The second-order valence-corrected chi connectivity index (χ2v) is 2.92. The van der Waals surface area contributed by atoms with E-state index in [0.29, 0.717) is 6.54 Å². The standard InChI is InChI=1S/C7H9BrN2O/c8-4-2-6-10-7(11)3-1-5-9-10/h1,3,5H,2,4,6H2. The summed E-state index contributed by atoms with van der Waals surface area (Å²) in [6.07, 6.45) is 2.55. The van der Waals surface area contributed by atoms with Crippen LogP contribution in [0.4, 0.5) is 0 Å². The van der Waals surface area contributed by atoms with Crippen LogP contribution >= 0.6 is 15.9 Å². The highest BCUT2D eigenvalue weighted by atomic mass is 79.9. The molecule has 0 spiro atoms. The number of nitrogens with zero attached hydrogens (tertiary/aromatic N) is 2. The van der Waals surface area contributed by atoms with Crippen LogP contribution in [0.15, 0.2) is 23.1 Å². The van der Waals surface area contributed by atoms with Gasteiger partial charge in [0.2, 0.25) is 0 Å². The van der Waals surface area contributed by atoms with Crippen molar-refractivity contribution in [3.8, 4) is 0 Å². The Hall–Kier alpha value is -0.640. The van der Waals surface area contributed by atoms with E-state index in [0.717, 1.165) is 11.8 Å². The molecule has 0 bridgehead atoms. The molecule has 0 aromatic carbocycles. The van der Waals surface area contributed by atoms with Crippen LogP contribution in [0.25, 0.3) is 0 Å². The van der Waals surface area contributed by atoms with Gasteiger partial charge < -0.3 is 0 Å². The molecule has 0 aliphatic rings. The first-order valence-corrected chi connectivity index (χ1v) is 4.55. The summed E-state index contributed by atoms with van der Waals surface area (Å²) in [5, 5.41) is 4.80. The lowest BCUT2D eigenvalue weighted by Crippen LogP contribution is -2.21. The van der Waals surface area contributed by atoms with E-state index in [1.807, 2.05) is 0 Å². The molecule has 0 aliphatic heterocycles. The van der Waals surface area contributed by atoms with Crippen molar-refractivity contribution in [2.75, 3.05) is 5.33 Å². The molecule has 4 heteroatoms. The molecule has 0 saturated heterocycles. The van der Waals surface area contributed by atoms with Gasteiger partial charge in [-0.1, -0.05) is 15.9 Å². The number of halogens is 1. The molecule has 3 nitrogen and oxygen atoms in total. The van der Waals surface area contributed by atoms with Crippen LogP contribution in [-0.2, 0) is 6.54 Å². The minimum absolute atomic E-state index is 0.0338. The second-order valence-electron chi connectivity index (χ2n) is 2.13. The minimum Gasteiger partial charge on any atom is -0.268 e. The van der Waals surface area contributed by atoms with Crippen LogP contribution in [0.3, 0.4) is 0 Å². The zero-order chi connectivity index (χ0) is 8.10. The molecule has 1 aromatic rings. The predicted molar refractivity (Wildman–Crippen MR) is 46.9 cm³/mol. The first-order valence-electron chi connectivity index (χ1n) is 3.42. The molecule has 1 aromatic heterocycles. The molecule has 1 rings (SSSR count). The van der Waals surface area contributed by atoms with Gasteiger partial charge in [0.25, 0.3) is 5.56 Å². The molecule has 0 radical (unpaired) electrons. The molecule has 60 valence electrons. The van der Waals surface area contributed by atoms with E-state index in [4.69, 9.17) is 0 Å². The number of alkyl halides is 1. The molecule has 0 saturated carbocycles. The third-order valence-corrected chi connectivity index (χ3v) is 1.85. The van der Waals surface area contributed by atoms with Gasteiger partial charge in [0, 0.05) is 24.1 Å². The zero-order valence-corrected chi connectivity index (χ0v) is 7.62. The first kappa shape index (κ1) is 8.46. The maximum atomic E-state index is 11.0. The van der Waals surface area contributed by atoms with Crippen molar-refractivity contribution in [3.63, 3.8) is 0 Å². The van der Waals surface area contributed by atoms with Crippen molar-refractivity contribution >= 4 is 15.9 Å². The van der Waals surface area contributed by atoms with Gasteiger partial charge in [-0.25, -0.2) is 4.68 Å². The largest absolute Gasteiger partial charge is 0.268 e. The third kappa shape index (κ3) is 2.46. The molecular weight excluding hydrogens is 208 g/mol. The summed E-state index contributed by atoms with van der Waals surface area (Å²) in [4.78, 5) is 11.0. The summed E-state index contributed by atoms with van der Waals surface area (Å²) in [6.45, 7) is 0.685. The van der Waals surface area contributed by atoms with Gasteiger partial charge in [-0.3, -0.25) is 4.79 Å². The summed E-state index contributed by atoms with van der Waals surface area (Å²) < 4.78 is 1.46. The second kappa shape index (κ2) is 4.28. The van der Waals surface area contributed by atoms with Crippen LogP contribution in [0.5, 0.6) is 0 Å².